The normalized spacial score (nSPS) is 21.5. The van der Waals surface area contributed by atoms with Gasteiger partial charge in [-0.25, -0.2) is 0 Å². The molecule has 0 saturated carbocycles. The zero-order chi connectivity index (χ0) is 15.8. The van der Waals surface area contributed by atoms with Gasteiger partial charge in [0, 0.05) is 39.1 Å². The maximum atomic E-state index is 12.3. The van der Waals surface area contributed by atoms with Crippen LogP contribution in [0.1, 0.15) is 39.5 Å². The SMILES string of the molecule is CC(C)OCCN1CCN(C(=O)CCC2CCNCC2)CC1. The minimum Gasteiger partial charge on any atom is -0.377 e. The van der Waals surface area contributed by atoms with E-state index in [1.165, 1.54) is 12.8 Å². The quantitative estimate of drug-likeness (QED) is 0.770. The first-order chi connectivity index (χ1) is 10.6. The summed E-state index contributed by atoms with van der Waals surface area (Å²) in [5, 5.41) is 3.38. The van der Waals surface area contributed by atoms with Crippen LogP contribution in [0.4, 0.5) is 0 Å². The van der Waals surface area contributed by atoms with Crippen molar-refractivity contribution in [2.24, 2.45) is 5.92 Å². The number of carbonyl (C=O) groups excluding carboxylic acids is 1. The molecule has 2 rings (SSSR count). The molecule has 0 aromatic rings. The Morgan fingerprint density at radius 2 is 1.86 bits per heavy atom. The Balaban J connectivity index is 1.58. The molecular weight excluding hydrogens is 278 g/mol. The van der Waals surface area contributed by atoms with Gasteiger partial charge in [0.05, 0.1) is 12.7 Å². The molecule has 0 atom stereocenters. The van der Waals surface area contributed by atoms with Gasteiger partial charge in [-0.05, 0) is 52.1 Å². The van der Waals surface area contributed by atoms with Crippen molar-refractivity contribution in [2.45, 2.75) is 45.6 Å². The molecule has 1 amide bonds. The van der Waals surface area contributed by atoms with Gasteiger partial charge in [0.1, 0.15) is 0 Å². The van der Waals surface area contributed by atoms with E-state index in [9.17, 15) is 4.79 Å². The molecule has 0 unspecified atom stereocenters. The van der Waals surface area contributed by atoms with Gasteiger partial charge in [-0.2, -0.15) is 0 Å². The fourth-order valence-corrected chi connectivity index (χ4v) is 3.29. The number of nitrogens with zero attached hydrogens (tertiary/aromatic N) is 2. The molecule has 0 aromatic carbocycles. The average molecular weight is 311 g/mol. The van der Waals surface area contributed by atoms with Crippen LogP contribution < -0.4 is 5.32 Å². The van der Waals surface area contributed by atoms with Crippen molar-refractivity contribution >= 4 is 5.91 Å². The van der Waals surface area contributed by atoms with Crippen molar-refractivity contribution in [3.05, 3.63) is 0 Å². The van der Waals surface area contributed by atoms with E-state index in [1.807, 2.05) is 0 Å². The van der Waals surface area contributed by atoms with Crippen LogP contribution in [-0.4, -0.2) is 74.2 Å². The zero-order valence-corrected chi connectivity index (χ0v) is 14.4. The molecule has 1 N–H and O–H groups in total. The molecule has 5 heteroatoms. The van der Waals surface area contributed by atoms with Crippen LogP contribution in [0.15, 0.2) is 0 Å². The lowest BCUT2D eigenvalue weighted by atomic mass is 9.93. The monoisotopic (exact) mass is 311 g/mol. The standard InChI is InChI=1S/C17H33N3O2/c1-15(2)22-14-13-19-9-11-20(12-10-19)17(21)4-3-16-5-7-18-8-6-16/h15-16,18H,3-14H2,1-2H3. The number of hydrogen-bond donors (Lipinski definition) is 1. The summed E-state index contributed by atoms with van der Waals surface area (Å²) >= 11 is 0. The second-order valence-electron chi connectivity index (χ2n) is 6.87. The van der Waals surface area contributed by atoms with Crippen LogP contribution in [0.3, 0.4) is 0 Å². The van der Waals surface area contributed by atoms with E-state index >= 15 is 0 Å². The molecule has 2 aliphatic heterocycles. The summed E-state index contributed by atoms with van der Waals surface area (Å²) < 4.78 is 5.60. The number of amides is 1. The predicted octanol–water partition coefficient (Wildman–Crippen LogP) is 1.34. The lowest BCUT2D eigenvalue weighted by molar-refractivity contribution is -0.133. The number of carbonyl (C=O) groups is 1. The molecule has 2 aliphatic rings. The Kier molecular flexibility index (Phi) is 7.63. The van der Waals surface area contributed by atoms with Crippen molar-refractivity contribution in [1.82, 2.24) is 15.1 Å². The van der Waals surface area contributed by atoms with Gasteiger partial charge < -0.3 is 15.0 Å². The van der Waals surface area contributed by atoms with Crippen molar-refractivity contribution in [3.8, 4) is 0 Å². The molecule has 128 valence electrons. The second kappa shape index (κ2) is 9.48. The van der Waals surface area contributed by atoms with Crippen molar-refractivity contribution in [2.75, 3.05) is 52.4 Å². The van der Waals surface area contributed by atoms with Gasteiger partial charge >= 0.3 is 0 Å². The summed E-state index contributed by atoms with van der Waals surface area (Å²) in [5.41, 5.74) is 0. The van der Waals surface area contributed by atoms with Gasteiger partial charge in [0.2, 0.25) is 5.91 Å². The van der Waals surface area contributed by atoms with Gasteiger partial charge in [-0.3, -0.25) is 9.69 Å². The minimum atomic E-state index is 0.304. The number of hydrogen-bond acceptors (Lipinski definition) is 4. The summed E-state index contributed by atoms with van der Waals surface area (Å²) in [6.07, 6.45) is 4.58. The van der Waals surface area contributed by atoms with E-state index in [4.69, 9.17) is 4.74 Å². The van der Waals surface area contributed by atoms with Crippen LogP contribution in [0, 0.1) is 5.92 Å². The zero-order valence-electron chi connectivity index (χ0n) is 14.4. The number of ether oxygens (including phenoxy) is 1. The Morgan fingerprint density at radius 3 is 2.50 bits per heavy atom. The summed E-state index contributed by atoms with van der Waals surface area (Å²) in [4.78, 5) is 16.8. The first kappa shape index (κ1) is 17.7. The van der Waals surface area contributed by atoms with Crippen LogP contribution in [-0.2, 0) is 9.53 Å². The molecule has 22 heavy (non-hydrogen) atoms. The lowest BCUT2D eigenvalue weighted by Gasteiger charge is -2.35. The molecule has 0 radical (unpaired) electrons. The highest BCUT2D eigenvalue weighted by Crippen LogP contribution is 2.18. The first-order valence-corrected chi connectivity index (χ1v) is 8.97. The number of piperidine rings is 1. The van der Waals surface area contributed by atoms with Gasteiger partial charge in [-0.15, -0.1) is 0 Å². The molecular formula is C17H33N3O2. The molecule has 0 bridgehead atoms. The largest absolute Gasteiger partial charge is 0.377 e. The smallest absolute Gasteiger partial charge is 0.222 e. The number of rotatable bonds is 7. The fraction of sp³-hybridized carbons (Fsp3) is 0.941. The van der Waals surface area contributed by atoms with E-state index in [0.717, 1.165) is 71.2 Å². The van der Waals surface area contributed by atoms with Gasteiger partial charge in [0.15, 0.2) is 0 Å². The molecule has 2 saturated heterocycles. The highest BCUT2D eigenvalue weighted by atomic mass is 16.5. The molecule has 0 spiro atoms. The van der Waals surface area contributed by atoms with Gasteiger partial charge in [0.25, 0.3) is 0 Å². The number of nitrogens with one attached hydrogen (secondary N) is 1. The molecule has 2 fully saturated rings. The molecule has 5 nitrogen and oxygen atoms in total. The predicted molar refractivity (Wildman–Crippen MR) is 88.9 cm³/mol. The van der Waals surface area contributed by atoms with Crippen LogP contribution in [0.2, 0.25) is 0 Å². The third kappa shape index (κ3) is 6.23. The van der Waals surface area contributed by atoms with Crippen molar-refractivity contribution < 1.29 is 9.53 Å². The second-order valence-corrected chi connectivity index (χ2v) is 6.87. The van der Waals surface area contributed by atoms with E-state index in [2.05, 4.69) is 29.0 Å². The van der Waals surface area contributed by atoms with Crippen LogP contribution in [0.5, 0.6) is 0 Å². The maximum Gasteiger partial charge on any atom is 0.222 e. The third-order valence-corrected chi connectivity index (χ3v) is 4.81. The minimum absolute atomic E-state index is 0.304. The Labute approximate surface area is 135 Å². The summed E-state index contributed by atoms with van der Waals surface area (Å²) in [5.74, 6) is 1.11. The van der Waals surface area contributed by atoms with Crippen molar-refractivity contribution in [3.63, 3.8) is 0 Å². The van der Waals surface area contributed by atoms with Crippen LogP contribution >= 0.6 is 0 Å². The third-order valence-electron chi connectivity index (χ3n) is 4.81. The molecule has 0 aromatic heterocycles. The summed E-state index contributed by atoms with van der Waals surface area (Å²) in [7, 11) is 0. The Hall–Kier alpha value is -0.650. The molecule has 2 heterocycles. The summed E-state index contributed by atoms with van der Waals surface area (Å²) in [6, 6.07) is 0. The van der Waals surface area contributed by atoms with E-state index in [-0.39, 0.29) is 0 Å². The highest BCUT2D eigenvalue weighted by Gasteiger charge is 2.22. The van der Waals surface area contributed by atoms with Crippen molar-refractivity contribution in [1.29, 1.82) is 0 Å². The van der Waals surface area contributed by atoms with E-state index in [0.29, 0.717) is 12.0 Å². The van der Waals surface area contributed by atoms with E-state index in [1.54, 1.807) is 0 Å². The summed E-state index contributed by atoms with van der Waals surface area (Å²) in [6.45, 7) is 11.9. The topological polar surface area (TPSA) is 44.8 Å². The highest BCUT2D eigenvalue weighted by molar-refractivity contribution is 5.76. The Bertz CT molecular complexity index is 322. The maximum absolute atomic E-state index is 12.3. The average Bonchev–Trinajstić information content (AvgIpc) is 2.54. The number of piperazine rings is 1. The lowest BCUT2D eigenvalue weighted by Crippen LogP contribution is -2.49. The molecule has 0 aliphatic carbocycles. The van der Waals surface area contributed by atoms with E-state index < -0.39 is 0 Å². The van der Waals surface area contributed by atoms with Crippen LogP contribution in [0.25, 0.3) is 0 Å². The first-order valence-electron chi connectivity index (χ1n) is 8.97. The Morgan fingerprint density at radius 1 is 1.18 bits per heavy atom. The fourth-order valence-electron chi connectivity index (χ4n) is 3.29. The van der Waals surface area contributed by atoms with Gasteiger partial charge in [-0.1, -0.05) is 0 Å².